The van der Waals surface area contributed by atoms with E-state index >= 15 is 0 Å². The van der Waals surface area contributed by atoms with Crippen LogP contribution in [-0.4, -0.2) is 13.0 Å². The number of rotatable bonds is 6. The molecule has 3 N–H and O–H groups in total. The molecular weight excluding hydrogens is 300 g/mol. The van der Waals surface area contributed by atoms with E-state index in [0.29, 0.717) is 0 Å². The van der Waals surface area contributed by atoms with Crippen LogP contribution in [0.5, 0.6) is 5.75 Å². The first-order valence-corrected chi connectivity index (χ1v) is 8.13. The number of benzene rings is 2. The molecule has 0 aromatic heterocycles. The van der Waals surface area contributed by atoms with Crippen molar-refractivity contribution in [3.05, 3.63) is 65.7 Å². The summed E-state index contributed by atoms with van der Waals surface area (Å²) in [5, 5.41) is 3.10. The topological polar surface area (TPSA) is 64.3 Å². The summed E-state index contributed by atoms with van der Waals surface area (Å²) in [4.78, 5) is 12.7. The lowest BCUT2D eigenvalue weighted by molar-refractivity contribution is -0.126. The second kappa shape index (κ2) is 7.49. The summed E-state index contributed by atoms with van der Waals surface area (Å²) in [5.74, 6) is 0.325. The Morgan fingerprint density at radius 1 is 1.08 bits per heavy atom. The lowest BCUT2D eigenvalue weighted by Crippen LogP contribution is -2.45. The molecule has 0 aliphatic carbocycles. The van der Waals surface area contributed by atoms with Crippen LogP contribution < -0.4 is 15.8 Å². The second-order valence-corrected chi connectivity index (χ2v) is 6.54. The Morgan fingerprint density at radius 3 is 2.29 bits per heavy atom. The van der Waals surface area contributed by atoms with Crippen LogP contribution in [0.25, 0.3) is 0 Å². The summed E-state index contributed by atoms with van der Waals surface area (Å²) in [6.45, 7) is 5.78. The van der Waals surface area contributed by atoms with Gasteiger partial charge in [-0.25, -0.2) is 0 Å². The van der Waals surface area contributed by atoms with Crippen LogP contribution in [0.3, 0.4) is 0 Å². The van der Waals surface area contributed by atoms with Crippen molar-refractivity contribution in [2.75, 3.05) is 7.11 Å². The highest BCUT2D eigenvalue weighted by Crippen LogP contribution is 2.30. The van der Waals surface area contributed by atoms with Crippen LogP contribution in [0.1, 0.15) is 37.9 Å². The number of amides is 1. The molecule has 2 unspecified atom stereocenters. The predicted octanol–water partition coefficient (Wildman–Crippen LogP) is 3.38. The number of carbonyl (C=O) groups excluding carboxylic acids is 1. The van der Waals surface area contributed by atoms with Gasteiger partial charge in [0, 0.05) is 11.6 Å². The maximum atomic E-state index is 12.7. The first kappa shape index (κ1) is 18.0. The zero-order valence-electron chi connectivity index (χ0n) is 14.7. The number of nitrogens with one attached hydrogen (secondary N) is 1. The average Bonchev–Trinajstić information content (AvgIpc) is 2.60. The first-order valence-electron chi connectivity index (χ1n) is 8.13. The minimum atomic E-state index is -0.561. The quantitative estimate of drug-likeness (QED) is 0.855. The van der Waals surface area contributed by atoms with Gasteiger partial charge in [0.2, 0.25) is 5.91 Å². The number of ether oxygens (including phenoxy) is 1. The van der Waals surface area contributed by atoms with Crippen LogP contribution in [0.15, 0.2) is 54.6 Å². The number of hydrogen-bond acceptors (Lipinski definition) is 3. The monoisotopic (exact) mass is 326 g/mol. The molecule has 4 nitrogen and oxygen atoms in total. The average molecular weight is 326 g/mol. The Labute approximate surface area is 144 Å². The van der Waals surface area contributed by atoms with Gasteiger partial charge in [-0.15, -0.1) is 0 Å². The maximum absolute atomic E-state index is 12.7. The molecule has 0 saturated carbocycles. The lowest BCUT2D eigenvalue weighted by Gasteiger charge is -2.31. The molecule has 2 rings (SSSR count). The highest BCUT2D eigenvalue weighted by Gasteiger charge is 2.30. The van der Waals surface area contributed by atoms with E-state index < -0.39 is 5.54 Å². The van der Waals surface area contributed by atoms with E-state index in [-0.39, 0.29) is 17.9 Å². The number of hydrogen-bond donors (Lipinski definition) is 2. The van der Waals surface area contributed by atoms with Crippen LogP contribution in [0.2, 0.25) is 0 Å². The Kier molecular flexibility index (Phi) is 5.62. The third-order valence-electron chi connectivity index (χ3n) is 4.35. The summed E-state index contributed by atoms with van der Waals surface area (Å²) in [6, 6.07) is 17.0. The molecule has 0 saturated heterocycles. The molecule has 128 valence electrons. The number of para-hydroxylation sites is 1. The standard InChI is InChI=1S/C20H26N2O2/c1-14(18(21)15-10-6-5-7-11-15)19(23)22-20(2,3)16-12-8-9-13-17(16)24-4/h5-14,18H,21H2,1-4H3,(H,22,23). The minimum Gasteiger partial charge on any atom is -0.496 e. The van der Waals surface area contributed by atoms with Gasteiger partial charge in [-0.3, -0.25) is 4.79 Å². The second-order valence-electron chi connectivity index (χ2n) is 6.54. The van der Waals surface area contributed by atoms with E-state index in [9.17, 15) is 4.79 Å². The molecule has 4 heteroatoms. The molecule has 0 radical (unpaired) electrons. The van der Waals surface area contributed by atoms with Gasteiger partial charge in [-0.05, 0) is 25.5 Å². The molecule has 0 spiro atoms. The summed E-state index contributed by atoms with van der Waals surface area (Å²) in [6.07, 6.45) is 0. The molecule has 0 aliphatic heterocycles. The van der Waals surface area contributed by atoms with Crippen LogP contribution >= 0.6 is 0 Å². The first-order chi connectivity index (χ1) is 11.4. The zero-order valence-corrected chi connectivity index (χ0v) is 14.7. The van der Waals surface area contributed by atoms with Crippen molar-refractivity contribution in [2.45, 2.75) is 32.4 Å². The normalized spacial score (nSPS) is 13.9. The Balaban J connectivity index is 2.15. The molecule has 2 atom stereocenters. The fourth-order valence-electron chi connectivity index (χ4n) is 2.78. The predicted molar refractivity (Wildman–Crippen MR) is 96.7 cm³/mol. The van der Waals surface area contributed by atoms with Crippen molar-refractivity contribution in [3.63, 3.8) is 0 Å². The Bertz CT molecular complexity index is 683. The van der Waals surface area contributed by atoms with Crippen molar-refractivity contribution < 1.29 is 9.53 Å². The Hall–Kier alpha value is -2.33. The van der Waals surface area contributed by atoms with Gasteiger partial charge in [-0.2, -0.15) is 0 Å². The highest BCUT2D eigenvalue weighted by atomic mass is 16.5. The fourth-order valence-corrected chi connectivity index (χ4v) is 2.78. The highest BCUT2D eigenvalue weighted by molar-refractivity contribution is 5.80. The number of methoxy groups -OCH3 is 1. The molecule has 0 bridgehead atoms. The molecule has 0 heterocycles. The smallest absolute Gasteiger partial charge is 0.225 e. The van der Waals surface area contributed by atoms with E-state index in [1.165, 1.54) is 0 Å². The fraction of sp³-hybridized carbons (Fsp3) is 0.350. The van der Waals surface area contributed by atoms with Gasteiger partial charge in [0.15, 0.2) is 0 Å². The molecule has 24 heavy (non-hydrogen) atoms. The Morgan fingerprint density at radius 2 is 1.67 bits per heavy atom. The van der Waals surface area contributed by atoms with E-state index in [4.69, 9.17) is 10.5 Å². The van der Waals surface area contributed by atoms with Gasteiger partial charge >= 0.3 is 0 Å². The van der Waals surface area contributed by atoms with Crippen LogP contribution in [-0.2, 0) is 10.3 Å². The van der Waals surface area contributed by atoms with Crippen molar-refractivity contribution in [1.29, 1.82) is 0 Å². The molecule has 2 aromatic rings. The summed E-state index contributed by atoms with van der Waals surface area (Å²) in [7, 11) is 1.63. The van der Waals surface area contributed by atoms with E-state index in [1.807, 2.05) is 75.4 Å². The van der Waals surface area contributed by atoms with E-state index in [1.54, 1.807) is 7.11 Å². The maximum Gasteiger partial charge on any atom is 0.225 e. The number of nitrogens with two attached hydrogens (primary N) is 1. The van der Waals surface area contributed by atoms with Gasteiger partial charge in [0.25, 0.3) is 0 Å². The summed E-state index contributed by atoms with van der Waals surface area (Å²) in [5.41, 5.74) is 7.59. The van der Waals surface area contributed by atoms with Gasteiger partial charge < -0.3 is 15.8 Å². The third kappa shape index (κ3) is 3.95. The van der Waals surface area contributed by atoms with Crippen molar-refractivity contribution in [3.8, 4) is 5.75 Å². The minimum absolute atomic E-state index is 0.0812. The van der Waals surface area contributed by atoms with Crippen molar-refractivity contribution >= 4 is 5.91 Å². The SMILES string of the molecule is COc1ccccc1C(C)(C)NC(=O)C(C)C(N)c1ccccc1. The molecule has 0 aliphatic rings. The van der Waals surface area contributed by atoms with Gasteiger partial charge in [0.05, 0.1) is 18.6 Å². The van der Waals surface area contributed by atoms with E-state index in [0.717, 1.165) is 16.9 Å². The van der Waals surface area contributed by atoms with E-state index in [2.05, 4.69) is 5.32 Å². The molecule has 2 aromatic carbocycles. The largest absolute Gasteiger partial charge is 0.496 e. The molecule has 1 amide bonds. The molecule has 0 fully saturated rings. The summed E-state index contributed by atoms with van der Waals surface area (Å²) >= 11 is 0. The number of carbonyl (C=O) groups is 1. The van der Waals surface area contributed by atoms with Crippen molar-refractivity contribution in [1.82, 2.24) is 5.32 Å². The molecular formula is C20H26N2O2. The van der Waals surface area contributed by atoms with Gasteiger partial charge in [-0.1, -0.05) is 55.5 Å². The zero-order chi connectivity index (χ0) is 17.7. The van der Waals surface area contributed by atoms with Crippen LogP contribution in [0, 0.1) is 5.92 Å². The summed E-state index contributed by atoms with van der Waals surface area (Å²) < 4.78 is 5.41. The van der Waals surface area contributed by atoms with Crippen LogP contribution in [0.4, 0.5) is 0 Å². The lowest BCUT2D eigenvalue weighted by atomic mass is 9.90. The van der Waals surface area contributed by atoms with Gasteiger partial charge in [0.1, 0.15) is 5.75 Å². The van der Waals surface area contributed by atoms with Crippen molar-refractivity contribution in [2.24, 2.45) is 11.7 Å². The third-order valence-corrected chi connectivity index (χ3v) is 4.35.